The van der Waals surface area contributed by atoms with Gasteiger partial charge in [-0.3, -0.25) is 4.79 Å². The quantitative estimate of drug-likeness (QED) is 0.670. The minimum Gasteiger partial charge on any atom is -0.382 e. The van der Waals surface area contributed by atoms with E-state index in [0.717, 1.165) is 10.0 Å². The van der Waals surface area contributed by atoms with Crippen molar-refractivity contribution in [3.8, 4) is 11.4 Å². The summed E-state index contributed by atoms with van der Waals surface area (Å²) >= 11 is 3.47. The molecule has 1 aliphatic heterocycles. The molecule has 0 radical (unpaired) electrons. The number of rotatable bonds is 2. The third kappa shape index (κ3) is 2.95. The van der Waals surface area contributed by atoms with Gasteiger partial charge >= 0.3 is 0 Å². The molecular weight excluding hydrogens is 398 g/mol. The number of aromatic nitrogens is 3. The number of aryl methyl sites for hydroxylation is 1. The zero-order valence-electron chi connectivity index (χ0n) is 14.3. The molecule has 1 aromatic carbocycles. The van der Waals surface area contributed by atoms with Gasteiger partial charge in [-0.05, 0) is 19.1 Å². The van der Waals surface area contributed by atoms with Crippen LogP contribution in [0, 0.1) is 6.92 Å². The molecule has 7 nitrogen and oxygen atoms in total. The number of halogens is 1. The monoisotopic (exact) mass is 415 g/mol. The number of hydrogen-bond acceptors (Lipinski definition) is 5. The van der Waals surface area contributed by atoms with Crippen LogP contribution >= 0.6 is 15.9 Å². The number of morpholine rings is 1. The fourth-order valence-corrected chi connectivity index (χ4v) is 3.56. The van der Waals surface area contributed by atoms with Gasteiger partial charge in [0.2, 0.25) is 0 Å². The summed E-state index contributed by atoms with van der Waals surface area (Å²) in [5, 5.41) is 0. The van der Waals surface area contributed by atoms with Crippen LogP contribution in [0.1, 0.15) is 16.1 Å². The van der Waals surface area contributed by atoms with Gasteiger partial charge < -0.3 is 20.4 Å². The van der Waals surface area contributed by atoms with Gasteiger partial charge in [-0.25, -0.2) is 9.97 Å². The number of carbonyl (C=O) groups excluding carboxylic acids is 1. The summed E-state index contributed by atoms with van der Waals surface area (Å²) in [6, 6.07) is 7.78. The van der Waals surface area contributed by atoms with Gasteiger partial charge in [-0.15, -0.1) is 0 Å². The molecule has 8 heteroatoms. The summed E-state index contributed by atoms with van der Waals surface area (Å²) in [5.41, 5.74) is 9.21. The molecule has 0 aliphatic carbocycles. The third-order valence-corrected chi connectivity index (χ3v) is 4.95. The molecule has 1 amide bonds. The van der Waals surface area contributed by atoms with Crippen molar-refractivity contribution in [2.45, 2.75) is 6.92 Å². The minimum atomic E-state index is -0.0874. The number of nitrogens with two attached hydrogens (primary N) is 1. The molecule has 3 N–H and O–H groups in total. The van der Waals surface area contributed by atoms with Gasteiger partial charge in [0, 0.05) is 23.1 Å². The second-order valence-electron chi connectivity index (χ2n) is 6.18. The Hall–Kier alpha value is -2.45. The van der Waals surface area contributed by atoms with Gasteiger partial charge in [0.1, 0.15) is 22.7 Å². The number of anilines is 1. The van der Waals surface area contributed by atoms with E-state index in [2.05, 4.69) is 30.9 Å². The number of imidazole rings is 1. The zero-order chi connectivity index (χ0) is 18.3. The van der Waals surface area contributed by atoms with Crippen LogP contribution < -0.4 is 5.73 Å². The highest BCUT2D eigenvalue weighted by Crippen LogP contribution is 2.29. The molecule has 134 valence electrons. The van der Waals surface area contributed by atoms with E-state index >= 15 is 0 Å². The van der Waals surface area contributed by atoms with E-state index in [-0.39, 0.29) is 5.91 Å². The van der Waals surface area contributed by atoms with Gasteiger partial charge in [0.25, 0.3) is 5.91 Å². The Balaban J connectivity index is 1.86. The molecule has 4 rings (SSSR count). The number of pyridine rings is 1. The van der Waals surface area contributed by atoms with Crippen molar-refractivity contribution in [1.29, 1.82) is 0 Å². The van der Waals surface area contributed by atoms with Gasteiger partial charge in [-0.1, -0.05) is 28.1 Å². The molecule has 0 bridgehead atoms. The summed E-state index contributed by atoms with van der Waals surface area (Å²) in [6.07, 6.45) is 0. The first-order valence-corrected chi connectivity index (χ1v) is 9.12. The molecule has 26 heavy (non-hydrogen) atoms. The lowest BCUT2D eigenvalue weighted by Gasteiger charge is -2.27. The summed E-state index contributed by atoms with van der Waals surface area (Å²) in [4.78, 5) is 27.1. The van der Waals surface area contributed by atoms with Gasteiger partial charge in [0.05, 0.1) is 24.5 Å². The summed E-state index contributed by atoms with van der Waals surface area (Å²) in [5.74, 6) is 0.900. The second kappa shape index (κ2) is 6.69. The van der Waals surface area contributed by atoms with E-state index < -0.39 is 0 Å². The Morgan fingerprint density at radius 3 is 2.81 bits per heavy atom. The van der Waals surface area contributed by atoms with Crippen molar-refractivity contribution in [3.05, 3.63) is 40.0 Å². The topological polar surface area (TPSA) is 97.1 Å². The highest BCUT2D eigenvalue weighted by Gasteiger charge is 2.26. The van der Waals surface area contributed by atoms with Crippen LogP contribution in [0.5, 0.6) is 0 Å². The summed E-state index contributed by atoms with van der Waals surface area (Å²) in [6.45, 7) is 4.00. The van der Waals surface area contributed by atoms with Crippen molar-refractivity contribution < 1.29 is 9.53 Å². The predicted octanol–water partition coefficient (Wildman–Crippen LogP) is 2.75. The zero-order valence-corrected chi connectivity index (χ0v) is 15.8. The van der Waals surface area contributed by atoms with Crippen LogP contribution in [0.25, 0.3) is 22.4 Å². The minimum absolute atomic E-state index is 0.0874. The van der Waals surface area contributed by atoms with E-state index in [1.165, 1.54) is 0 Å². The predicted molar refractivity (Wildman–Crippen MR) is 103 cm³/mol. The van der Waals surface area contributed by atoms with Crippen LogP contribution in [0.15, 0.2) is 28.7 Å². The Morgan fingerprint density at radius 2 is 2.08 bits per heavy atom. The largest absolute Gasteiger partial charge is 0.382 e. The molecule has 3 aromatic rings. The van der Waals surface area contributed by atoms with E-state index in [4.69, 9.17) is 10.5 Å². The normalized spacial score (nSPS) is 14.8. The number of ether oxygens (including phenoxy) is 1. The fourth-order valence-electron chi connectivity index (χ4n) is 3.16. The highest BCUT2D eigenvalue weighted by molar-refractivity contribution is 9.10. The molecule has 0 unspecified atom stereocenters. The number of H-pyrrole nitrogens is 1. The van der Waals surface area contributed by atoms with Gasteiger partial charge in [-0.2, -0.15) is 0 Å². The van der Waals surface area contributed by atoms with E-state index in [1.54, 1.807) is 11.8 Å². The molecular formula is C18H18BrN5O2. The van der Waals surface area contributed by atoms with E-state index in [0.29, 0.717) is 60.2 Å². The van der Waals surface area contributed by atoms with Crippen LogP contribution in [0.2, 0.25) is 0 Å². The molecule has 0 spiro atoms. The number of fused-ring (bicyclic) bond motifs is 1. The average Bonchev–Trinajstić information content (AvgIpc) is 3.08. The first-order valence-electron chi connectivity index (χ1n) is 8.33. The van der Waals surface area contributed by atoms with E-state index in [1.807, 2.05) is 24.3 Å². The van der Waals surface area contributed by atoms with Crippen LogP contribution in [0.3, 0.4) is 0 Å². The maximum Gasteiger partial charge on any atom is 0.258 e. The number of nitrogen functional groups attached to an aromatic ring is 1. The highest BCUT2D eigenvalue weighted by atomic mass is 79.9. The Kier molecular flexibility index (Phi) is 4.37. The summed E-state index contributed by atoms with van der Waals surface area (Å²) < 4.78 is 6.29. The molecule has 3 heterocycles. The molecule has 0 saturated carbocycles. The maximum absolute atomic E-state index is 13.1. The number of carbonyl (C=O) groups is 1. The number of nitrogens with zero attached hydrogens (tertiary/aromatic N) is 3. The lowest BCUT2D eigenvalue weighted by atomic mass is 10.1. The van der Waals surface area contributed by atoms with Crippen molar-refractivity contribution in [1.82, 2.24) is 19.9 Å². The lowest BCUT2D eigenvalue weighted by molar-refractivity contribution is 0.0303. The Morgan fingerprint density at radius 1 is 1.31 bits per heavy atom. The number of aromatic amines is 1. The van der Waals surface area contributed by atoms with Crippen molar-refractivity contribution in [2.24, 2.45) is 0 Å². The maximum atomic E-state index is 13.1. The lowest BCUT2D eigenvalue weighted by Crippen LogP contribution is -2.41. The average molecular weight is 416 g/mol. The number of benzene rings is 1. The standard InChI is InChI=1S/C18H18BrN5O2/c1-10-13(18(25)24-5-7-26-8-6-24)14-15(16(20)21-10)23-17(22-14)11-3-2-4-12(19)9-11/h2-4,9H,5-8H2,1H3,(H2,20,21)(H,22,23). The van der Waals surface area contributed by atoms with Crippen molar-refractivity contribution >= 4 is 38.7 Å². The molecule has 1 fully saturated rings. The molecule has 0 atom stereocenters. The first kappa shape index (κ1) is 17.0. The second-order valence-corrected chi connectivity index (χ2v) is 7.10. The fraction of sp³-hybridized carbons (Fsp3) is 0.278. The Labute approximate surface area is 158 Å². The SMILES string of the molecule is Cc1nc(N)c2[nH]c(-c3cccc(Br)c3)nc2c1C(=O)N1CCOCC1. The molecule has 2 aromatic heterocycles. The van der Waals surface area contributed by atoms with Crippen molar-refractivity contribution in [3.63, 3.8) is 0 Å². The molecule has 1 aliphatic rings. The smallest absolute Gasteiger partial charge is 0.258 e. The number of amides is 1. The van der Waals surface area contributed by atoms with Gasteiger partial charge in [0.15, 0.2) is 0 Å². The molecule has 1 saturated heterocycles. The van der Waals surface area contributed by atoms with Crippen LogP contribution in [0.4, 0.5) is 5.82 Å². The van der Waals surface area contributed by atoms with E-state index in [9.17, 15) is 4.79 Å². The first-order chi connectivity index (χ1) is 12.5. The van der Waals surface area contributed by atoms with Crippen LogP contribution in [-0.4, -0.2) is 52.1 Å². The van der Waals surface area contributed by atoms with Crippen LogP contribution in [-0.2, 0) is 4.74 Å². The third-order valence-electron chi connectivity index (χ3n) is 4.46. The Bertz CT molecular complexity index is 995. The number of nitrogens with one attached hydrogen (secondary N) is 1. The number of hydrogen-bond donors (Lipinski definition) is 2. The van der Waals surface area contributed by atoms with Crippen molar-refractivity contribution in [2.75, 3.05) is 32.0 Å². The summed E-state index contributed by atoms with van der Waals surface area (Å²) in [7, 11) is 0.